The van der Waals surface area contributed by atoms with E-state index < -0.39 is 5.97 Å². The number of hydrogen-bond donors (Lipinski definition) is 2. The van der Waals surface area contributed by atoms with Crippen molar-refractivity contribution >= 4 is 22.6 Å². The number of carboxylic acids is 1. The minimum atomic E-state index is -0.866. The molecule has 0 saturated carbocycles. The molecule has 1 aliphatic rings. The first-order chi connectivity index (χ1) is 15.1. The van der Waals surface area contributed by atoms with Gasteiger partial charge in [-0.15, -0.1) is 0 Å². The molecule has 4 aromatic rings. The molecule has 5 rings (SSSR count). The number of aryl methyl sites for hydroxylation is 1. The number of ether oxygens (including phenoxy) is 1. The van der Waals surface area contributed by atoms with Gasteiger partial charge in [0.1, 0.15) is 17.7 Å². The molecule has 1 heterocycles. The molecule has 0 fully saturated rings. The summed E-state index contributed by atoms with van der Waals surface area (Å²) in [7, 11) is 0. The third kappa shape index (κ3) is 3.70. The van der Waals surface area contributed by atoms with Gasteiger partial charge in [-0.2, -0.15) is 0 Å². The number of nitrogens with two attached hydrogens (primary N) is 1. The second kappa shape index (κ2) is 7.76. The van der Waals surface area contributed by atoms with Crippen LogP contribution in [-0.4, -0.2) is 16.1 Å². The van der Waals surface area contributed by atoms with E-state index in [1.54, 1.807) is 6.20 Å². The average Bonchev–Trinajstić information content (AvgIpc) is 3.17. The fourth-order valence-corrected chi connectivity index (χ4v) is 4.32. The van der Waals surface area contributed by atoms with E-state index in [0.717, 1.165) is 40.3 Å². The van der Waals surface area contributed by atoms with Crippen LogP contribution < -0.4 is 10.5 Å². The number of carbonyl (C=O) groups is 1. The monoisotopic (exact) mass is 410 g/mol. The Bertz CT molecular complexity index is 1300. The molecule has 0 saturated heterocycles. The number of anilines is 1. The molecule has 0 bridgehead atoms. The predicted octanol–water partition coefficient (Wildman–Crippen LogP) is 5.18. The first-order valence-electron chi connectivity index (χ1n) is 10.3. The Labute approximate surface area is 180 Å². The maximum atomic E-state index is 11.2. The molecule has 0 aliphatic heterocycles. The van der Waals surface area contributed by atoms with Gasteiger partial charge in [0.15, 0.2) is 0 Å². The van der Waals surface area contributed by atoms with E-state index in [2.05, 4.69) is 41.4 Å². The van der Waals surface area contributed by atoms with Gasteiger partial charge in [0.05, 0.1) is 6.42 Å². The van der Waals surface area contributed by atoms with E-state index in [1.807, 2.05) is 30.3 Å². The standard InChI is InChI=1S/C26H22N2O3/c27-26-22-14-19(8-6-17(22)11-12-28-26)18-7-5-16-9-10-24(21(16)13-18)31-23-4-2-1-3-20(23)15-25(29)30/h1-8,11-14,24H,9-10,15H2,(H2,27,28)(H,29,30)/t24-/m1/s1. The minimum absolute atomic E-state index is 0.0532. The fourth-order valence-electron chi connectivity index (χ4n) is 4.32. The molecule has 1 aliphatic carbocycles. The molecule has 3 N–H and O–H groups in total. The molecule has 1 atom stereocenters. The van der Waals surface area contributed by atoms with Gasteiger partial charge < -0.3 is 15.6 Å². The highest BCUT2D eigenvalue weighted by atomic mass is 16.5. The number of aliphatic carboxylic acids is 1. The largest absolute Gasteiger partial charge is 0.485 e. The lowest BCUT2D eigenvalue weighted by molar-refractivity contribution is -0.136. The summed E-state index contributed by atoms with van der Waals surface area (Å²) >= 11 is 0. The lowest BCUT2D eigenvalue weighted by Gasteiger charge is -2.18. The highest BCUT2D eigenvalue weighted by Gasteiger charge is 2.25. The summed E-state index contributed by atoms with van der Waals surface area (Å²) in [5.41, 5.74) is 11.4. The Hall–Kier alpha value is -3.86. The van der Waals surface area contributed by atoms with Crippen molar-refractivity contribution < 1.29 is 14.6 Å². The zero-order valence-corrected chi connectivity index (χ0v) is 16.9. The fraction of sp³-hybridized carbons (Fsp3) is 0.154. The molecule has 0 spiro atoms. The number of pyridine rings is 1. The maximum Gasteiger partial charge on any atom is 0.307 e. The topological polar surface area (TPSA) is 85.4 Å². The number of fused-ring (bicyclic) bond motifs is 2. The van der Waals surface area contributed by atoms with Crippen LogP contribution in [0.5, 0.6) is 5.75 Å². The Balaban J connectivity index is 1.48. The van der Waals surface area contributed by atoms with E-state index >= 15 is 0 Å². The Morgan fingerprint density at radius 2 is 1.87 bits per heavy atom. The van der Waals surface area contributed by atoms with Crippen LogP contribution in [0.4, 0.5) is 5.82 Å². The quantitative estimate of drug-likeness (QED) is 0.474. The smallest absolute Gasteiger partial charge is 0.307 e. The van der Waals surface area contributed by atoms with Gasteiger partial charge in [-0.1, -0.05) is 42.5 Å². The number of para-hydroxylation sites is 1. The van der Waals surface area contributed by atoms with E-state index in [9.17, 15) is 9.90 Å². The molecular formula is C26H22N2O3. The van der Waals surface area contributed by atoms with Crippen molar-refractivity contribution in [2.75, 3.05) is 5.73 Å². The number of rotatable bonds is 5. The number of hydrogen-bond acceptors (Lipinski definition) is 4. The molecule has 3 aromatic carbocycles. The van der Waals surface area contributed by atoms with Crippen LogP contribution in [0, 0.1) is 0 Å². The van der Waals surface area contributed by atoms with E-state index in [4.69, 9.17) is 10.5 Å². The molecule has 5 heteroatoms. The van der Waals surface area contributed by atoms with Crippen molar-refractivity contribution in [1.29, 1.82) is 0 Å². The summed E-state index contributed by atoms with van der Waals surface area (Å²) in [6.07, 6.45) is 3.38. The molecule has 1 aromatic heterocycles. The van der Waals surface area contributed by atoms with Crippen molar-refractivity contribution in [2.45, 2.75) is 25.4 Å². The SMILES string of the molecule is Nc1nccc2ccc(-c3ccc4c(c3)[C@H](Oc3ccccc3CC(=O)O)CC4)cc12. The summed E-state index contributed by atoms with van der Waals surface area (Å²) < 4.78 is 6.32. The highest BCUT2D eigenvalue weighted by Crippen LogP contribution is 2.39. The van der Waals surface area contributed by atoms with Crippen molar-refractivity contribution in [2.24, 2.45) is 0 Å². The van der Waals surface area contributed by atoms with Crippen molar-refractivity contribution in [3.8, 4) is 16.9 Å². The van der Waals surface area contributed by atoms with E-state index in [0.29, 0.717) is 17.1 Å². The summed E-state index contributed by atoms with van der Waals surface area (Å²) in [6, 6.07) is 22.0. The van der Waals surface area contributed by atoms with E-state index in [1.165, 1.54) is 5.56 Å². The van der Waals surface area contributed by atoms with Crippen molar-refractivity contribution in [3.63, 3.8) is 0 Å². The van der Waals surface area contributed by atoms with Crippen LogP contribution in [0.25, 0.3) is 21.9 Å². The number of nitrogens with zero attached hydrogens (tertiary/aromatic N) is 1. The molecule has 0 radical (unpaired) electrons. The Morgan fingerprint density at radius 1 is 1.06 bits per heavy atom. The average molecular weight is 410 g/mol. The maximum absolute atomic E-state index is 11.2. The predicted molar refractivity (Wildman–Crippen MR) is 121 cm³/mol. The first kappa shape index (κ1) is 19.1. The highest BCUT2D eigenvalue weighted by molar-refractivity contribution is 5.94. The number of aromatic nitrogens is 1. The second-order valence-electron chi connectivity index (χ2n) is 7.87. The normalized spacial score (nSPS) is 15.0. The molecular weight excluding hydrogens is 388 g/mol. The molecule has 0 unspecified atom stereocenters. The van der Waals surface area contributed by atoms with Gasteiger partial charge in [-0.3, -0.25) is 4.79 Å². The summed E-state index contributed by atoms with van der Waals surface area (Å²) in [5.74, 6) is 0.296. The second-order valence-corrected chi connectivity index (χ2v) is 7.87. The minimum Gasteiger partial charge on any atom is -0.485 e. The van der Waals surface area contributed by atoms with Gasteiger partial charge in [0.2, 0.25) is 0 Å². The van der Waals surface area contributed by atoms with Crippen LogP contribution in [0.2, 0.25) is 0 Å². The van der Waals surface area contributed by atoms with Crippen LogP contribution in [0.15, 0.2) is 72.9 Å². The summed E-state index contributed by atoms with van der Waals surface area (Å²) in [5, 5.41) is 11.2. The third-order valence-corrected chi connectivity index (χ3v) is 5.88. The molecule has 0 amide bonds. The number of carboxylic acid groups (broad SMARTS) is 1. The molecule has 31 heavy (non-hydrogen) atoms. The van der Waals surface area contributed by atoms with Crippen LogP contribution in [0.3, 0.4) is 0 Å². The zero-order valence-electron chi connectivity index (χ0n) is 16.9. The lowest BCUT2D eigenvalue weighted by Crippen LogP contribution is -2.08. The van der Waals surface area contributed by atoms with Gasteiger partial charge >= 0.3 is 5.97 Å². The van der Waals surface area contributed by atoms with Gasteiger partial charge in [0.25, 0.3) is 0 Å². The zero-order chi connectivity index (χ0) is 21.4. The Kier molecular flexibility index (Phi) is 4.79. The summed E-state index contributed by atoms with van der Waals surface area (Å²) in [4.78, 5) is 15.4. The van der Waals surface area contributed by atoms with Crippen molar-refractivity contribution in [1.82, 2.24) is 4.98 Å². The molecule has 154 valence electrons. The van der Waals surface area contributed by atoms with Crippen LogP contribution in [0.1, 0.15) is 29.2 Å². The van der Waals surface area contributed by atoms with Crippen molar-refractivity contribution in [3.05, 3.63) is 89.6 Å². The first-order valence-corrected chi connectivity index (χ1v) is 10.3. The van der Waals surface area contributed by atoms with Crippen LogP contribution in [-0.2, 0) is 17.6 Å². The number of benzene rings is 3. The summed E-state index contributed by atoms with van der Waals surface area (Å²) in [6.45, 7) is 0. The van der Waals surface area contributed by atoms with Gasteiger partial charge in [-0.05, 0) is 64.7 Å². The third-order valence-electron chi connectivity index (χ3n) is 5.88. The van der Waals surface area contributed by atoms with E-state index in [-0.39, 0.29) is 12.5 Å². The molecule has 5 nitrogen and oxygen atoms in total. The lowest BCUT2D eigenvalue weighted by atomic mass is 9.98. The van der Waals surface area contributed by atoms with Gasteiger partial charge in [-0.25, -0.2) is 4.98 Å². The van der Waals surface area contributed by atoms with Crippen LogP contribution >= 0.6 is 0 Å². The number of nitrogen functional groups attached to an aromatic ring is 1. The Morgan fingerprint density at radius 3 is 2.74 bits per heavy atom. The van der Waals surface area contributed by atoms with Gasteiger partial charge in [0, 0.05) is 17.1 Å².